The molecule has 0 unspecified atom stereocenters. The Balaban J connectivity index is 1.73. The van der Waals surface area contributed by atoms with Crippen LogP contribution in [0.25, 0.3) is 16.7 Å². The molecule has 4 aromatic rings. The zero-order chi connectivity index (χ0) is 19.8. The zero-order valence-corrected chi connectivity index (χ0v) is 17.5. The Morgan fingerprint density at radius 3 is 2.79 bits per heavy atom. The van der Waals surface area contributed by atoms with Crippen LogP contribution in [0, 0.1) is 13.8 Å². The monoisotopic (exact) mass is 430 g/mol. The molecule has 28 heavy (non-hydrogen) atoms. The molecule has 0 bridgehead atoms. The van der Waals surface area contributed by atoms with Crippen LogP contribution in [0.15, 0.2) is 52.5 Å². The fourth-order valence-corrected chi connectivity index (χ4v) is 4.31. The van der Waals surface area contributed by atoms with Gasteiger partial charge in [0.15, 0.2) is 10.8 Å². The molecule has 0 radical (unpaired) electrons. The molecule has 2 heterocycles. The van der Waals surface area contributed by atoms with Gasteiger partial charge in [0.25, 0.3) is 5.56 Å². The lowest BCUT2D eigenvalue weighted by atomic mass is 10.1. The number of aromatic nitrogens is 4. The van der Waals surface area contributed by atoms with Crippen LogP contribution < -0.4 is 5.56 Å². The molecule has 0 aliphatic carbocycles. The number of aromatic amines is 1. The van der Waals surface area contributed by atoms with Gasteiger partial charge in [-0.1, -0.05) is 53.2 Å². The average Bonchev–Trinajstić information content (AvgIpc) is 3.08. The molecule has 0 amide bonds. The van der Waals surface area contributed by atoms with Crippen LogP contribution in [-0.2, 0) is 5.75 Å². The Kier molecular flexibility index (Phi) is 5.19. The summed E-state index contributed by atoms with van der Waals surface area (Å²) < 4.78 is 1.71. The summed E-state index contributed by atoms with van der Waals surface area (Å²) in [6.45, 7) is 4.07. The molecule has 0 saturated heterocycles. The van der Waals surface area contributed by atoms with Crippen molar-refractivity contribution >= 4 is 46.0 Å². The predicted octanol–water partition coefficient (Wildman–Crippen LogP) is 5.32. The SMILES string of the molecule is Cc1cccc(-n2ncc3c(=O)[nH]c(SCc4ccc(Cl)cc4Cl)nc32)c1C. The van der Waals surface area contributed by atoms with Crippen molar-refractivity contribution in [2.75, 3.05) is 0 Å². The zero-order valence-electron chi connectivity index (χ0n) is 15.2. The summed E-state index contributed by atoms with van der Waals surface area (Å²) in [7, 11) is 0. The topological polar surface area (TPSA) is 63.6 Å². The fourth-order valence-electron chi connectivity index (χ4n) is 2.89. The van der Waals surface area contributed by atoms with Crippen LogP contribution in [0.1, 0.15) is 16.7 Å². The minimum absolute atomic E-state index is 0.216. The number of rotatable bonds is 4. The summed E-state index contributed by atoms with van der Waals surface area (Å²) in [5, 5.41) is 6.54. The summed E-state index contributed by atoms with van der Waals surface area (Å²) in [6.07, 6.45) is 1.55. The summed E-state index contributed by atoms with van der Waals surface area (Å²) >= 11 is 13.6. The van der Waals surface area contributed by atoms with Gasteiger partial charge in [0.2, 0.25) is 0 Å². The minimum atomic E-state index is -0.216. The second-order valence-electron chi connectivity index (χ2n) is 6.41. The molecule has 0 spiro atoms. The van der Waals surface area contributed by atoms with Gasteiger partial charge in [-0.05, 0) is 48.7 Å². The number of halogens is 2. The number of hydrogen-bond donors (Lipinski definition) is 1. The predicted molar refractivity (Wildman–Crippen MR) is 115 cm³/mol. The van der Waals surface area contributed by atoms with Crippen LogP contribution in [0.5, 0.6) is 0 Å². The van der Waals surface area contributed by atoms with Crippen LogP contribution in [-0.4, -0.2) is 19.7 Å². The fraction of sp³-hybridized carbons (Fsp3) is 0.150. The standard InChI is InChI=1S/C20H16Cl2N4OS/c1-11-4-3-5-17(12(11)2)26-18-15(9-23-26)19(27)25-20(24-18)28-10-13-6-7-14(21)8-16(13)22/h3-9H,10H2,1-2H3,(H,24,25,27). The van der Waals surface area contributed by atoms with E-state index in [9.17, 15) is 4.79 Å². The second-order valence-corrected chi connectivity index (χ2v) is 8.22. The van der Waals surface area contributed by atoms with Crippen molar-refractivity contribution in [1.29, 1.82) is 0 Å². The highest BCUT2D eigenvalue weighted by atomic mass is 35.5. The highest BCUT2D eigenvalue weighted by molar-refractivity contribution is 7.98. The van der Waals surface area contributed by atoms with Crippen molar-refractivity contribution in [2.45, 2.75) is 24.8 Å². The van der Waals surface area contributed by atoms with Gasteiger partial charge in [-0.2, -0.15) is 5.10 Å². The highest BCUT2D eigenvalue weighted by Gasteiger charge is 2.14. The third-order valence-corrected chi connectivity index (χ3v) is 6.11. The molecule has 0 aliphatic heterocycles. The van der Waals surface area contributed by atoms with E-state index in [-0.39, 0.29) is 5.56 Å². The lowest BCUT2D eigenvalue weighted by Gasteiger charge is -2.09. The molecule has 5 nitrogen and oxygen atoms in total. The molecule has 0 atom stereocenters. The van der Waals surface area contributed by atoms with Gasteiger partial charge in [-0.15, -0.1) is 0 Å². The maximum absolute atomic E-state index is 12.5. The van der Waals surface area contributed by atoms with Crippen molar-refractivity contribution in [3.63, 3.8) is 0 Å². The Morgan fingerprint density at radius 1 is 1.18 bits per heavy atom. The molecule has 0 aliphatic rings. The molecule has 142 valence electrons. The second kappa shape index (κ2) is 7.62. The highest BCUT2D eigenvalue weighted by Crippen LogP contribution is 2.28. The third kappa shape index (κ3) is 3.55. The van der Waals surface area contributed by atoms with Gasteiger partial charge in [0.05, 0.1) is 11.9 Å². The van der Waals surface area contributed by atoms with E-state index < -0.39 is 0 Å². The molecule has 8 heteroatoms. The number of nitrogens with one attached hydrogen (secondary N) is 1. The number of hydrogen-bond acceptors (Lipinski definition) is 4. The first-order valence-corrected chi connectivity index (χ1v) is 10.3. The largest absolute Gasteiger partial charge is 0.301 e. The van der Waals surface area contributed by atoms with E-state index in [4.69, 9.17) is 23.2 Å². The smallest absolute Gasteiger partial charge is 0.262 e. The lowest BCUT2D eigenvalue weighted by Crippen LogP contribution is -2.10. The van der Waals surface area contributed by atoms with Crippen molar-refractivity contribution in [3.05, 3.63) is 79.7 Å². The first-order chi connectivity index (χ1) is 13.4. The van der Waals surface area contributed by atoms with Gasteiger partial charge in [0.1, 0.15) is 5.39 Å². The summed E-state index contributed by atoms with van der Waals surface area (Å²) in [4.78, 5) is 20.0. The van der Waals surface area contributed by atoms with Gasteiger partial charge < -0.3 is 4.98 Å². The van der Waals surface area contributed by atoms with E-state index in [1.807, 2.05) is 38.1 Å². The first kappa shape index (κ1) is 19.1. The molecule has 4 rings (SSSR count). The normalized spacial score (nSPS) is 11.3. The van der Waals surface area contributed by atoms with E-state index in [2.05, 4.69) is 15.1 Å². The van der Waals surface area contributed by atoms with Crippen LogP contribution in [0.2, 0.25) is 10.0 Å². The lowest BCUT2D eigenvalue weighted by molar-refractivity contribution is 0.865. The van der Waals surface area contributed by atoms with Crippen LogP contribution in [0.4, 0.5) is 0 Å². The number of fused-ring (bicyclic) bond motifs is 1. The Labute approximate surface area is 175 Å². The molecule has 0 fully saturated rings. The van der Waals surface area contributed by atoms with Crippen LogP contribution >= 0.6 is 35.0 Å². The molecule has 2 aromatic heterocycles. The van der Waals surface area contributed by atoms with E-state index >= 15 is 0 Å². The Bertz CT molecular complexity index is 1250. The van der Waals surface area contributed by atoms with Crippen molar-refractivity contribution in [3.8, 4) is 5.69 Å². The van der Waals surface area contributed by atoms with Gasteiger partial charge in [-0.25, -0.2) is 9.67 Å². The maximum Gasteiger partial charge on any atom is 0.262 e. The molecule has 2 aromatic carbocycles. The summed E-state index contributed by atoms with van der Waals surface area (Å²) in [5.41, 5.74) is 4.38. The van der Waals surface area contributed by atoms with Crippen molar-refractivity contribution in [2.24, 2.45) is 0 Å². The number of nitrogens with zero attached hydrogens (tertiary/aromatic N) is 3. The van der Waals surface area contributed by atoms with E-state index in [1.165, 1.54) is 11.8 Å². The average molecular weight is 431 g/mol. The van der Waals surface area contributed by atoms with Crippen LogP contribution in [0.3, 0.4) is 0 Å². The van der Waals surface area contributed by atoms with Crippen molar-refractivity contribution in [1.82, 2.24) is 19.7 Å². The number of thioether (sulfide) groups is 1. The first-order valence-electron chi connectivity index (χ1n) is 8.55. The minimum Gasteiger partial charge on any atom is -0.301 e. The number of H-pyrrole nitrogens is 1. The maximum atomic E-state index is 12.5. The van der Waals surface area contributed by atoms with Crippen molar-refractivity contribution < 1.29 is 0 Å². The van der Waals surface area contributed by atoms with Gasteiger partial charge >= 0.3 is 0 Å². The van der Waals surface area contributed by atoms with E-state index in [0.29, 0.717) is 32.0 Å². The molecule has 0 saturated carbocycles. The van der Waals surface area contributed by atoms with Gasteiger partial charge in [0, 0.05) is 15.8 Å². The Hall–Kier alpha value is -2.28. The number of benzene rings is 2. The molecular formula is C20H16Cl2N4OS. The molecule has 1 N–H and O–H groups in total. The van der Waals surface area contributed by atoms with E-state index in [0.717, 1.165) is 22.4 Å². The summed E-state index contributed by atoms with van der Waals surface area (Å²) in [5.74, 6) is 0.558. The quantitative estimate of drug-likeness (QED) is 0.351. The van der Waals surface area contributed by atoms with Gasteiger partial charge in [-0.3, -0.25) is 4.79 Å². The molecular weight excluding hydrogens is 415 g/mol. The Morgan fingerprint density at radius 2 is 2.00 bits per heavy atom. The van der Waals surface area contributed by atoms with E-state index in [1.54, 1.807) is 23.0 Å². The third-order valence-electron chi connectivity index (χ3n) is 4.60. The number of aryl methyl sites for hydroxylation is 1. The summed E-state index contributed by atoms with van der Waals surface area (Å²) in [6, 6.07) is 11.3.